The number of nitrogens with zero attached hydrogens (tertiary/aromatic N) is 2. The van der Waals surface area contributed by atoms with E-state index in [-0.39, 0.29) is 42.9 Å². The molecule has 0 saturated carbocycles. The average Bonchev–Trinajstić information content (AvgIpc) is 3.56. The minimum absolute atomic E-state index is 0.0198. The first-order valence-electron chi connectivity index (χ1n) is 9.92. The highest BCUT2D eigenvalue weighted by Crippen LogP contribution is 2.35. The summed E-state index contributed by atoms with van der Waals surface area (Å²) in [5.41, 5.74) is -0.185. The van der Waals surface area contributed by atoms with Crippen LogP contribution in [-0.4, -0.2) is 56.6 Å². The first-order valence-corrected chi connectivity index (χ1v) is 11.4. The van der Waals surface area contributed by atoms with Gasteiger partial charge in [-0.25, -0.2) is 8.42 Å². The van der Waals surface area contributed by atoms with E-state index in [1.54, 1.807) is 13.0 Å². The molecule has 0 N–H and O–H groups in total. The summed E-state index contributed by atoms with van der Waals surface area (Å²) in [5.74, 6) is -0.356. The Morgan fingerprint density at radius 2 is 2.00 bits per heavy atom. The van der Waals surface area contributed by atoms with Crippen LogP contribution in [0.15, 0.2) is 41.4 Å². The number of likely N-dealkylation sites (N-methyl/N-ethyl adjacent to an activating group) is 1. The van der Waals surface area contributed by atoms with Crippen molar-refractivity contribution in [2.45, 2.75) is 36.9 Å². The number of aromatic nitrogens is 1. The number of hydrogen-bond acceptors (Lipinski definition) is 6. The molecule has 0 aliphatic carbocycles. The third-order valence-electron chi connectivity index (χ3n) is 4.85. The quantitative estimate of drug-likeness (QED) is 0.411. The summed E-state index contributed by atoms with van der Waals surface area (Å²) in [6.45, 7) is 2.45. The molecule has 7 nitrogen and oxygen atoms in total. The van der Waals surface area contributed by atoms with Gasteiger partial charge in [0, 0.05) is 31.8 Å². The normalized spacial score (nSPS) is 16.2. The van der Waals surface area contributed by atoms with Gasteiger partial charge < -0.3 is 9.47 Å². The smallest absolute Gasteiger partial charge is 0.416 e. The number of ether oxygens (including phenoxy) is 2. The number of aryl methyl sites for hydroxylation is 1. The number of epoxide rings is 1. The highest BCUT2D eigenvalue weighted by molar-refractivity contribution is 7.89. The maximum absolute atomic E-state index is 13.5. The van der Waals surface area contributed by atoms with Crippen molar-refractivity contribution >= 4 is 16.0 Å². The molecule has 1 aromatic heterocycles. The number of alkyl halides is 3. The lowest BCUT2D eigenvalue weighted by Gasteiger charge is -2.18. The molecule has 1 aromatic carbocycles. The zero-order valence-electron chi connectivity index (χ0n) is 17.6. The van der Waals surface area contributed by atoms with Crippen molar-refractivity contribution in [3.05, 3.63) is 47.7 Å². The van der Waals surface area contributed by atoms with Gasteiger partial charge in [0.25, 0.3) is 0 Å². The lowest BCUT2D eigenvalue weighted by Crippen LogP contribution is -2.30. The average molecular weight is 472 g/mol. The summed E-state index contributed by atoms with van der Waals surface area (Å²) in [5, 5.41) is 0. The zero-order chi connectivity index (χ0) is 23.5. The molecule has 2 aromatic rings. The number of carbonyl (C=O) groups excluding carboxylic acids is 1. The Morgan fingerprint density at radius 1 is 1.28 bits per heavy atom. The molecule has 1 aliphatic heterocycles. The number of pyridine rings is 1. The Morgan fingerprint density at radius 3 is 2.56 bits per heavy atom. The molecule has 0 radical (unpaired) electrons. The van der Waals surface area contributed by atoms with Crippen molar-refractivity contribution in [2.75, 3.05) is 26.8 Å². The number of carbonyl (C=O) groups is 1. The largest absolute Gasteiger partial charge is 0.466 e. The van der Waals surface area contributed by atoms with Gasteiger partial charge in [0.05, 0.1) is 35.5 Å². The van der Waals surface area contributed by atoms with Gasteiger partial charge in [-0.05, 0) is 43.2 Å². The summed E-state index contributed by atoms with van der Waals surface area (Å²) in [4.78, 5) is 15.2. The lowest BCUT2D eigenvalue weighted by atomic mass is 10.1. The van der Waals surface area contributed by atoms with Crippen LogP contribution in [0.1, 0.15) is 24.5 Å². The maximum atomic E-state index is 13.5. The van der Waals surface area contributed by atoms with Crippen molar-refractivity contribution in [1.29, 1.82) is 0 Å². The van der Waals surface area contributed by atoms with Crippen LogP contribution in [0.3, 0.4) is 0 Å². The number of esters is 1. The monoisotopic (exact) mass is 472 g/mol. The number of benzene rings is 1. The van der Waals surface area contributed by atoms with Crippen LogP contribution in [0.2, 0.25) is 0 Å². The summed E-state index contributed by atoms with van der Waals surface area (Å²) in [7, 11) is -2.87. The molecular weight excluding hydrogens is 449 g/mol. The molecule has 32 heavy (non-hydrogen) atoms. The zero-order valence-corrected chi connectivity index (χ0v) is 18.4. The van der Waals surface area contributed by atoms with Gasteiger partial charge in [0.2, 0.25) is 10.0 Å². The molecule has 2 heterocycles. The van der Waals surface area contributed by atoms with E-state index in [0.29, 0.717) is 24.7 Å². The standard InChI is InChI=1S/C21H23F3N2O5S/c1-3-30-20(27)7-5-14-4-6-19(25-11-14)15-8-16(21(22,23)24)10-18(9-15)32(28,29)26(2)12-17-13-31-17/h4,6,8-11,17H,3,5,7,12-13H2,1-2H3. The molecule has 0 spiro atoms. The highest BCUT2D eigenvalue weighted by Gasteiger charge is 2.35. The molecule has 1 fully saturated rings. The van der Waals surface area contributed by atoms with Crippen molar-refractivity contribution < 1.29 is 35.9 Å². The number of sulfonamides is 1. The fourth-order valence-electron chi connectivity index (χ4n) is 3.02. The molecule has 0 amide bonds. The van der Waals surface area contributed by atoms with Gasteiger partial charge in [-0.3, -0.25) is 9.78 Å². The van der Waals surface area contributed by atoms with Crippen LogP contribution in [-0.2, 0) is 36.9 Å². The first-order chi connectivity index (χ1) is 15.0. The lowest BCUT2D eigenvalue weighted by molar-refractivity contribution is -0.143. The SMILES string of the molecule is CCOC(=O)CCc1ccc(-c2cc(C(F)(F)F)cc(S(=O)(=O)N(C)CC3CO3)c2)nc1. The van der Waals surface area contributed by atoms with Crippen molar-refractivity contribution in [2.24, 2.45) is 0 Å². The summed E-state index contributed by atoms with van der Waals surface area (Å²) < 4.78 is 77.0. The van der Waals surface area contributed by atoms with E-state index < -0.39 is 26.7 Å². The minimum atomic E-state index is -4.74. The predicted octanol–water partition coefficient (Wildman–Crippen LogP) is 3.28. The first kappa shape index (κ1) is 24.1. The molecule has 1 unspecified atom stereocenters. The molecule has 0 bridgehead atoms. The predicted molar refractivity (Wildman–Crippen MR) is 109 cm³/mol. The van der Waals surface area contributed by atoms with Gasteiger partial charge in [-0.2, -0.15) is 17.5 Å². The van der Waals surface area contributed by atoms with E-state index in [9.17, 15) is 26.4 Å². The van der Waals surface area contributed by atoms with Crippen LogP contribution < -0.4 is 0 Å². The van der Waals surface area contributed by atoms with E-state index in [1.807, 2.05) is 0 Å². The van der Waals surface area contributed by atoms with Crippen LogP contribution >= 0.6 is 0 Å². The van der Waals surface area contributed by atoms with Gasteiger partial charge >= 0.3 is 12.1 Å². The summed E-state index contributed by atoms with van der Waals surface area (Å²) in [6, 6.07) is 5.79. The van der Waals surface area contributed by atoms with E-state index in [0.717, 1.165) is 10.4 Å². The fourth-order valence-corrected chi connectivity index (χ4v) is 4.29. The Kier molecular flexibility index (Phi) is 7.21. The second-order valence-corrected chi connectivity index (χ2v) is 9.39. The van der Waals surface area contributed by atoms with Gasteiger partial charge in [0.1, 0.15) is 0 Å². The van der Waals surface area contributed by atoms with Gasteiger partial charge in [0.15, 0.2) is 0 Å². The molecule has 174 valence electrons. The van der Waals surface area contributed by atoms with E-state index in [2.05, 4.69) is 4.98 Å². The molecule has 1 atom stereocenters. The molecule has 1 aliphatic rings. The second-order valence-electron chi connectivity index (χ2n) is 7.34. The van der Waals surface area contributed by atoms with Crippen molar-refractivity contribution in [3.63, 3.8) is 0 Å². The van der Waals surface area contributed by atoms with Crippen LogP contribution in [0.25, 0.3) is 11.3 Å². The van der Waals surface area contributed by atoms with E-state index >= 15 is 0 Å². The Hall–Kier alpha value is -2.50. The highest BCUT2D eigenvalue weighted by atomic mass is 32.2. The Balaban J connectivity index is 1.90. The van der Waals surface area contributed by atoms with E-state index in [1.165, 1.54) is 25.4 Å². The second kappa shape index (κ2) is 9.55. The molecule has 11 heteroatoms. The van der Waals surface area contributed by atoms with Crippen molar-refractivity contribution in [3.8, 4) is 11.3 Å². The van der Waals surface area contributed by atoms with Crippen LogP contribution in [0.4, 0.5) is 13.2 Å². The Bertz CT molecular complexity index is 1070. The third kappa shape index (κ3) is 6.05. The van der Waals surface area contributed by atoms with Crippen molar-refractivity contribution in [1.82, 2.24) is 9.29 Å². The molecular formula is C21H23F3N2O5S. The number of halogens is 3. The van der Waals surface area contributed by atoms with E-state index in [4.69, 9.17) is 9.47 Å². The van der Waals surface area contributed by atoms with Crippen LogP contribution in [0.5, 0.6) is 0 Å². The third-order valence-corrected chi connectivity index (χ3v) is 6.65. The topological polar surface area (TPSA) is 89.1 Å². The number of rotatable bonds is 9. The molecule has 1 saturated heterocycles. The minimum Gasteiger partial charge on any atom is -0.466 e. The maximum Gasteiger partial charge on any atom is 0.416 e. The van der Waals surface area contributed by atoms with Crippen LogP contribution in [0, 0.1) is 0 Å². The molecule has 3 rings (SSSR count). The van der Waals surface area contributed by atoms with Gasteiger partial charge in [-0.15, -0.1) is 0 Å². The fraction of sp³-hybridized carbons (Fsp3) is 0.429. The summed E-state index contributed by atoms with van der Waals surface area (Å²) >= 11 is 0. The van der Waals surface area contributed by atoms with Gasteiger partial charge in [-0.1, -0.05) is 6.07 Å². The Labute approximate surface area is 184 Å². The summed E-state index contributed by atoms with van der Waals surface area (Å²) in [6.07, 6.45) is -3.03. The number of hydrogen-bond donors (Lipinski definition) is 0.